The van der Waals surface area contributed by atoms with Gasteiger partial charge in [0.15, 0.2) is 0 Å². The van der Waals surface area contributed by atoms with E-state index in [1.807, 2.05) is 0 Å². The molecule has 0 aromatic heterocycles. The van der Waals surface area contributed by atoms with Crippen LogP contribution in [0.1, 0.15) is 32.1 Å². The van der Waals surface area contributed by atoms with Gasteiger partial charge >= 0.3 is 0 Å². The second kappa shape index (κ2) is 4.80. The molecule has 1 atom stereocenters. The monoisotopic (exact) mass is 151 g/mol. The lowest BCUT2D eigenvalue weighted by molar-refractivity contribution is 0.542. The van der Waals surface area contributed by atoms with Crippen LogP contribution < -0.4 is 0 Å². The molecule has 0 unspecified atom stereocenters. The summed E-state index contributed by atoms with van der Waals surface area (Å²) in [5.41, 5.74) is 8.22. The average Bonchev–Trinajstić information content (AvgIpc) is 1.94. The Morgan fingerprint density at radius 1 is 1.27 bits per heavy atom. The van der Waals surface area contributed by atoms with Crippen LogP contribution in [-0.2, 0) is 0 Å². The quantitative estimate of drug-likeness (QED) is 0.239. The Kier molecular flexibility index (Phi) is 3.56. The van der Waals surface area contributed by atoms with Crippen LogP contribution in [0.2, 0.25) is 0 Å². The van der Waals surface area contributed by atoms with Crippen molar-refractivity contribution in [2.45, 2.75) is 38.1 Å². The Morgan fingerprint density at radius 2 is 2.09 bits per heavy atom. The Morgan fingerprint density at radius 3 is 2.91 bits per heavy atom. The molecule has 0 aromatic rings. The molecule has 0 bridgehead atoms. The zero-order chi connectivity index (χ0) is 7.94. The predicted molar refractivity (Wildman–Crippen MR) is 45.2 cm³/mol. The molecule has 0 saturated heterocycles. The fourth-order valence-electron chi connectivity index (χ4n) is 1.33. The third kappa shape index (κ3) is 3.10. The van der Waals surface area contributed by atoms with E-state index in [1.54, 1.807) is 0 Å². The maximum Gasteiger partial charge on any atom is 0.0377 e. The molecule has 3 heteroatoms. The summed E-state index contributed by atoms with van der Waals surface area (Å²) in [5, 5.41) is 3.73. The highest BCUT2D eigenvalue weighted by Gasteiger charge is 2.05. The summed E-state index contributed by atoms with van der Waals surface area (Å²) in [6.07, 6.45) is 9.81. The minimum absolute atomic E-state index is 0.241. The molecule has 0 aliphatic heterocycles. The van der Waals surface area contributed by atoms with Crippen LogP contribution in [0.15, 0.2) is 17.3 Å². The zero-order valence-electron chi connectivity index (χ0n) is 6.61. The molecular weight excluding hydrogens is 138 g/mol. The fourth-order valence-corrected chi connectivity index (χ4v) is 1.33. The molecule has 0 N–H and O–H groups in total. The molecular formula is C8H13N3. The third-order valence-corrected chi connectivity index (χ3v) is 1.96. The van der Waals surface area contributed by atoms with Crippen LogP contribution in [0.5, 0.6) is 0 Å². The molecule has 3 nitrogen and oxygen atoms in total. The minimum atomic E-state index is 0.241. The van der Waals surface area contributed by atoms with E-state index in [0.717, 1.165) is 32.1 Å². The van der Waals surface area contributed by atoms with E-state index < -0.39 is 0 Å². The van der Waals surface area contributed by atoms with E-state index in [1.165, 1.54) is 0 Å². The number of allylic oxidation sites excluding steroid dienone is 2. The van der Waals surface area contributed by atoms with Gasteiger partial charge in [0.25, 0.3) is 0 Å². The van der Waals surface area contributed by atoms with Crippen molar-refractivity contribution in [3.8, 4) is 0 Å². The maximum absolute atomic E-state index is 8.22. The van der Waals surface area contributed by atoms with Gasteiger partial charge in [-0.15, -0.1) is 0 Å². The molecule has 60 valence electrons. The van der Waals surface area contributed by atoms with Gasteiger partial charge in [0.1, 0.15) is 0 Å². The predicted octanol–water partition coefficient (Wildman–Crippen LogP) is 3.19. The smallest absolute Gasteiger partial charge is 0.0377 e. The molecule has 0 amide bonds. The van der Waals surface area contributed by atoms with Gasteiger partial charge in [-0.3, -0.25) is 0 Å². The number of nitrogens with zero attached hydrogens (tertiary/aromatic N) is 3. The SMILES string of the molecule is [N-]=[N+]=N[C@@H]1CCC=CCCC1. The second-order valence-corrected chi connectivity index (χ2v) is 2.84. The first-order valence-corrected chi connectivity index (χ1v) is 4.12. The lowest BCUT2D eigenvalue weighted by atomic mass is 10.0. The standard InChI is InChI=1S/C8H13N3/c9-11-10-8-6-4-2-1-3-5-7-8/h1-2,8H,3-7H2/t8-/m1/s1. The Bertz CT molecular complexity index is 180. The summed E-state index contributed by atoms with van der Waals surface area (Å²) in [5.74, 6) is 0. The van der Waals surface area contributed by atoms with Crippen LogP contribution in [-0.4, -0.2) is 6.04 Å². The summed E-state index contributed by atoms with van der Waals surface area (Å²) in [7, 11) is 0. The van der Waals surface area contributed by atoms with Gasteiger partial charge in [-0.25, -0.2) is 0 Å². The summed E-state index contributed by atoms with van der Waals surface area (Å²) in [4.78, 5) is 2.83. The van der Waals surface area contributed by atoms with Crippen molar-refractivity contribution in [2.75, 3.05) is 0 Å². The number of rotatable bonds is 1. The van der Waals surface area contributed by atoms with E-state index in [2.05, 4.69) is 22.2 Å². The van der Waals surface area contributed by atoms with Gasteiger partial charge in [0.2, 0.25) is 0 Å². The number of azide groups is 1. The number of hydrogen-bond acceptors (Lipinski definition) is 1. The minimum Gasteiger partial charge on any atom is -0.0906 e. The van der Waals surface area contributed by atoms with Crippen molar-refractivity contribution in [3.05, 3.63) is 22.6 Å². The highest BCUT2D eigenvalue weighted by Crippen LogP contribution is 2.14. The highest BCUT2D eigenvalue weighted by atomic mass is 15.1. The topological polar surface area (TPSA) is 48.8 Å². The zero-order valence-corrected chi connectivity index (χ0v) is 6.61. The number of hydrogen-bond donors (Lipinski definition) is 0. The summed E-state index contributed by atoms with van der Waals surface area (Å²) >= 11 is 0. The van der Waals surface area contributed by atoms with Crippen LogP contribution >= 0.6 is 0 Å². The third-order valence-electron chi connectivity index (χ3n) is 1.96. The highest BCUT2D eigenvalue weighted by molar-refractivity contribution is 4.86. The van der Waals surface area contributed by atoms with Gasteiger partial charge in [0.05, 0.1) is 0 Å². The van der Waals surface area contributed by atoms with E-state index in [-0.39, 0.29) is 6.04 Å². The molecule has 0 fully saturated rings. The Hall–Kier alpha value is -0.950. The molecule has 0 heterocycles. The summed E-state index contributed by atoms with van der Waals surface area (Å²) in [6, 6.07) is 0.241. The first-order chi connectivity index (χ1) is 5.43. The lowest BCUT2D eigenvalue weighted by Gasteiger charge is -2.10. The largest absolute Gasteiger partial charge is 0.0906 e. The first kappa shape index (κ1) is 8.15. The van der Waals surface area contributed by atoms with Crippen molar-refractivity contribution in [1.82, 2.24) is 0 Å². The fraction of sp³-hybridized carbons (Fsp3) is 0.750. The van der Waals surface area contributed by atoms with Gasteiger partial charge in [-0.1, -0.05) is 17.3 Å². The van der Waals surface area contributed by atoms with Crippen LogP contribution in [0.25, 0.3) is 10.4 Å². The summed E-state index contributed by atoms with van der Waals surface area (Å²) in [6.45, 7) is 0. The van der Waals surface area contributed by atoms with Crippen molar-refractivity contribution in [1.29, 1.82) is 0 Å². The van der Waals surface area contributed by atoms with E-state index in [9.17, 15) is 0 Å². The molecule has 11 heavy (non-hydrogen) atoms. The molecule has 0 radical (unpaired) electrons. The normalized spacial score (nSPS) is 24.9. The average molecular weight is 151 g/mol. The first-order valence-electron chi connectivity index (χ1n) is 4.12. The van der Waals surface area contributed by atoms with Crippen LogP contribution in [0.4, 0.5) is 0 Å². The van der Waals surface area contributed by atoms with Crippen molar-refractivity contribution < 1.29 is 0 Å². The Labute approximate surface area is 66.7 Å². The van der Waals surface area contributed by atoms with Gasteiger partial charge in [0, 0.05) is 11.0 Å². The van der Waals surface area contributed by atoms with Gasteiger partial charge in [-0.05, 0) is 37.6 Å². The van der Waals surface area contributed by atoms with E-state index in [4.69, 9.17) is 5.53 Å². The van der Waals surface area contributed by atoms with Crippen LogP contribution in [0, 0.1) is 0 Å². The van der Waals surface area contributed by atoms with Crippen molar-refractivity contribution >= 4 is 0 Å². The molecule has 0 spiro atoms. The lowest BCUT2D eigenvalue weighted by Crippen LogP contribution is -2.03. The summed E-state index contributed by atoms with van der Waals surface area (Å²) < 4.78 is 0. The molecule has 1 rings (SSSR count). The van der Waals surface area contributed by atoms with Gasteiger partial charge in [-0.2, -0.15) is 0 Å². The van der Waals surface area contributed by atoms with Crippen LogP contribution in [0.3, 0.4) is 0 Å². The molecule has 0 saturated carbocycles. The van der Waals surface area contributed by atoms with Gasteiger partial charge < -0.3 is 0 Å². The molecule has 0 aromatic carbocycles. The van der Waals surface area contributed by atoms with E-state index in [0.29, 0.717) is 0 Å². The maximum atomic E-state index is 8.22. The van der Waals surface area contributed by atoms with E-state index >= 15 is 0 Å². The van der Waals surface area contributed by atoms with Crippen molar-refractivity contribution in [3.63, 3.8) is 0 Å². The second-order valence-electron chi connectivity index (χ2n) is 2.84. The van der Waals surface area contributed by atoms with Crippen molar-refractivity contribution in [2.24, 2.45) is 5.11 Å². The molecule has 1 aliphatic rings. The Balaban J connectivity index is 2.41. The molecule has 1 aliphatic carbocycles.